The number of hydrogen-bond acceptors (Lipinski definition) is 5. The number of pyridine rings is 1. The summed E-state index contributed by atoms with van der Waals surface area (Å²) >= 11 is 6.51. The van der Waals surface area contributed by atoms with Crippen molar-refractivity contribution in [2.45, 2.75) is 6.42 Å². The van der Waals surface area contributed by atoms with Crippen molar-refractivity contribution in [3.8, 4) is 17.2 Å². The number of furan rings is 1. The molecule has 2 aromatic heterocycles. The van der Waals surface area contributed by atoms with Gasteiger partial charge in [0.05, 0.1) is 23.6 Å². The molecule has 0 saturated carbocycles. The Kier molecular flexibility index (Phi) is 5.82. The zero-order valence-electron chi connectivity index (χ0n) is 18.0. The number of carbonyl (C=O) groups excluding carboxylic acids is 1. The Morgan fingerprint density at radius 2 is 1.82 bits per heavy atom. The average molecular weight is 464 g/mol. The van der Waals surface area contributed by atoms with Crippen LogP contribution >= 0.6 is 11.6 Å². The molecule has 0 aliphatic carbocycles. The minimum atomic E-state index is 0.439. The second-order valence-corrected chi connectivity index (χ2v) is 8.29. The van der Waals surface area contributed by atoms with Crippen LogP contribution in [-0.4, -0.2) is 11.3 Å². The molecule has 0 fully saturated rings. The third kappa shape index (κ3) is 4.40. The maximum absolute atomic E-state index is 10.9. The van der Waals surface area contributed by atoms with Crippen LogP contribution in [0.2, 0.25) is 5.02 Å². The lowest BCUT2D eigenvalue weighted by Gasteiger charge is -2.12. The molecular formula is C28H18ClN3O2. The first kappa shape index (κ1) is 21.4. The van der Waals surface area contributed by atoms with Gasteiger partial charge < -0.3 is 9.73 Å². The highest BCUT2D eigenvalue weighted by Crippen LogP contribution is 2.30. The van der Waals surface area contributed by atoms with Crippen LogP contribution in [0.4, 0.5) is 11.5 Å². The minimum absolute atomic E-state index is 0.439. The first-order valence-corrected chi connectivity index (χ1v) is 11.0. The van der Waals surface area contributed by atoms with Crippen LogP contribution in [0.5, 0.6) is 0 Å². The van der Waals surface area contributed by atoms with Gasteiger partial charge in [0.15, 0.2) is 0 Å². The van der Waals surface area contributed by atoms with E-state index in [2.05, 4.69) is 11.4 Å². The summed E-state index contributed by atoms with van der Waals surface area (Å²) in [5, 5.41) is 14.4. The highest BCUT2D eigenvalue weighted by Gasteiger charge is 2.11. The summed E-state index contributed by atoms with van der Waals surface area (Å²) in [6.07, 6.45) is 4.83. The van der Waals surface area contributed by atoms with Gasteiger partial charge in [0.2, 0.25) is 0 Å². The van der Waals surface area contributed by atoms with Gasteiger partial charge >= 0.3 is 0 Å². The molecule has 0 aliphatic heterocycles. The van der Waals surface area contributed by atoms with E-state index in [1.54, 1.807) is 24.7 Å². The Labute approximate surface area is 201 Å². The van der Waals surface area contributed by atoms with E-state index in [-0.39, 0.29) is 0 Å². The van der Waals surface area contributed by atoms with Crippen LogP contribution in [0.25, 0.3) is 22.0 Å². The van der Waals surface area contributed by atoms with Crippen LogP contribution in [0.1, 0.15) is 27.0 Å². The van der Waals surface area contributed by atoms with Crippen molar-refractivity contribution in [3.63, 3.8) is 0 Å². The normalized spacial score (nSPS) is 10.7. The molecule has 0 aliphatic rings. The largest absolute Gasteiger partial charge is 0.472 e. The summed E-state index contributed by atoms with van der Waals surface area (Å²) < 4.78 is 5.13. The second-order valence-electron chi connectivity index (χ2n) is 7.88. The quantitative estimate of drug-likeness (QED) is 0.270. The Balaban J connectivity index is 1.46. The van der Waals surface area contributed by atoms with Gasteiger partial charge in [-0.3, -0.25) is 4.79 Å². The molecule has 0 unspecified atom stereocenters. The summed E-state index contributed by atoms with van der Waals surface area (Å²) in [7, 11) is 0. The Morgan fingerprint density at radius 1 is 1.00 bits per heavy atom. The van der Waals surface area contributed by atoms with E-state index >= 15 is 0 Å². The fourth-order valence-corrected chi connectivity index (χ4v) is 4.05. The van der Waals surface area contributed by atoms with E-state index in [0.717, 1.165) is 45.1 Å². The number of fused-ring (bicyclic) bond motifs is 1. The molecule has 0 saturated heterocycles. The van der Waals surface area contributed by atoms with E-state index in [1.165, 1.54) is 0 Å². The maximum Gasteiger partial charge on any atom is 0.150 e. The predicted octanol–water partition coefficient (Wildman–Crippen LogP) is 7.17. The molecule has 5 aromatic rings. The lowest BCUT2D eigenvalue weighted by molar-refractivity contribution is 0.112. The number of nitrogens with zero attached hydrogens (tertiary/aromatic N) is 2. The number of carbonyl (C=O) groups is 1. The van der Waals surface area contributed by atoms with Crippen molar-refractivity contribution in [3.05, 3.63) is 113 Å². The zero-order valence-corrected chi connectivity index (χ0v) is 18.7. The maximum atomic E-state index is 10.9. The van der Waals surface area contributed by atoms with Gasteiger partial charge in [-0.1, -0.05) is 54.1 Å². The number of halogens is 1. The van der Waals surface area contributed by atoms with Crippen LogP contribution < -0.4 is 5.32 Å². The SMILES string of the molecule is N#Cc1cc2ccc(-c3ccc(C=O)cc3)cc2nc1Nc1ccc(Cc2ccoc2)c(Cl)c1. The van der Waals surface area contributed by atoms with Crippen LogP contribution in [0.15, 0.2) is 89.7 Å². The molecular weight excluding hydrogens is 446 g/mol. The number of rotatable bonds is 6. The summed E-state index contributed by atoms with van der Waals surface area (Å²) in [5.41, 5.74) is 6.53. The van der Waals surface area contributed by atoms with Crippen molar-refractivity contribution in [1.29, 1.82) is 5.26 Å². The summed E-state index contributed by atoms with van der Waals surface area (Å²) in [4.78, 5) is 15.7. The fourth-order valence-electron chi connectivity index (χ4n) is 3.80. The van der Waals surface area contributed by atoms with Crippen molar-refractivity contribution < 1.29 is 9.21 Å². The van der Waals surface area contributed by atoms with Gasteiger partial charge in [-0.25, -0.2) is 4.98 Å². The molecule has 0 radical (unpaired) electrons. The van der Waals surface area contributed by atoms with Gasteiger partial charge in [-0.15, -0.1) is 0 Å². The van der Waals surface area contributed by atoms with E-state index in [4.69, 9.17) is 21.0 Å². The standard InChI is InChI=1S/C28H18ClN3O2/c29-26-14-25(8-7-22(26)11-19-9-10-34-17-19)31-28-24(15-30)12-23-6-5-21(13-27(23)32-28)20-3-1-18(16-33)2-4-20/h1-10,12-14,16-17H,11H2,(H,31,32). The van der Waals surface area contributed by atoms with E-state index in [1.807, 2.05) is 60.7 Å². The predicted molar refractivity (Wildman–Crippen MR) is 134 cm³/mol. The molecule has 2 heterocycles. The first-order chi connectivity index (χ1) is 16.6. The topological polar surface area (TPSA) is 78.9 Å². The number of nitriles is 1. The number of aromatic nitrogens is 1. The lowest BCUT2D eigenvalue weighted by atomic mass is 10.0. The van der Waals surface area contributed by atoms with E-state index in [9.17, 15) is 10.1 Å². The van der Waals surface area contributed by atoms with Gasteiger partial charge in [0.25, 0.3) is 0 Å². The summed E-state index contributed by atoms with van der Waals surface area (Å²) in [5.74, 6) is 0.460. The van der Waals surface area contributed by atoms with E-state index in [0.29, 0.717) is 28.4 Å². The van der Waals surface area contributed by atoms with Crippen molar-refractivity contribution in [2.24, 2.45) is 0 Å². The zero-order chi connectivity index (χ0) is 23.5. The fraction of sp³-hybridized carbons (Fsp3) is 0.0357. The molecule has 1 N–H and O–H groups in total. The molecule has 0 atom stereocenters. The van der Waals surface area contributed by atoms with Crippen LogP contribution in [-0.2, 0) is 6.42 Å². The Hall–Kier alpha value is -4.40. The van der Waals surface area contributed by atoms with Crippen molar-refractivity contribution in [1.82, 2.24) is 4.98 Å². The summed E-state index contributed by atoms with van der Waals surface area (Å²) in [6.45, 7) is 0. The van der Waals surface area contributed by atoms with E-state index < -0.39 is 0 Å². The monoisotopic (exact) mass is 463 g/mol. The third-order valence-electron chi connectivity index (χ3n) is 5.61. The number of anilines is 2. The molecule has 164 valence electrons. The number of hydrogen-bond donors (Lipinski definition) is 1. The highest BCUT2D eigenvalue weighted by atomic mass is 35.5. The Bertz CT molecular complexity index is 1540. The van der Waals surface area contributed by atoms with Crippen molar-refractivity contribution in [2.75, 3.05) is 5.32 Å². The summed E-state index contributed by atoms with van der Waals surface area (Å²) in [6, 6.07) is 24.9. The number of benzene rings is 3. The average Bonchev–Trinajstić information content (AvgIpc) is 3.38. The highest BCUT2D eigenvalue weighted by molar-refractivity contribution is 6.31. The molecule has 0 amide bonds. The van der Waals surface area contributed by atoms with Crippen LogP contribution in [0, 0.1) is 11.3 Å². The molecule has 0 bridgehead atoms. The second kappa shape index (κ2) is 9.22. The smallest absolute Gasteiger partial charge is 0.150 e. The minimum Gasteiger partial charge on any atom is -0.472 e. The molecule has 0 spiro atoms. The number of nitrogens with one attached hydrogen (secondary N) is 1. The van der Waals surface area contributed by atoms with Crippen LogP contribution in [0.3, 0.4) is 0 Å². The molecule has 5 nitrogen and oxygen atoms in total. The van der Waals surface area contributed by atoms with Gasteiger partial charge in [-0.05, 0) is 52.6 Å². The van der Waals surface area contributed by atoms with Gasteiger partial charge in [0.1, 0.15) is 18.2 Å². The first-order valence-electron chi connectivity index (χ1n) is 10.6. The molecule has 6 heteroatoms. The van der Waals surface area contributed by atoms with Gasteiger partial charge in [-0.2, -0.15) is 5.26 Å². The third-order valence-corrected chi connectivity index (χ3v) is 5.96. The van der Waals surface area contributed by atoms with Gasteiger partial charge in [0, 0.05) is 28.1 Å². The molecule has 34 heavy (non-hydrogen) atoms. The lowest BCUT2D eigenvalue weighted by Crippen LogP contribution is -1.99. The van der Waals surface area contributed by atoms with Crippen molar-refractivity contribution >= 4 is 40.3 Å². The molecule has 5 rings (SSSR count). The molecule has 3 aromatic carbocycles. The number of aldehydes is 1. The Morgan fingerprint density at radius 3 is 2.53 bits per heavy atom.